The maximum Gasteiger partial charge on any atom is 0.410 e. The van der Waals surface area contributed by atoms with Gasteiger partial charge in [0.2, 0.25) is 0 Å². The molecule has 0 aromatic carbocycles. The molecule has 1 heterocycles. The van der Waals surface area contributed by atoms with Crippen molar-refractivity contribution in [2.24, 2.45) is 11.8 Å². The van der Waals surface area contributed by atoms with Crippen LogP contribution in [-0.2, 0) is 4.74 Å². The Bertz CT molecular complexity index is 407. The van der Waals surface area contributed by atoms with E-state index >= 15 is 0 Å². The molecule has 4 nitrogen and oxygen atoms in total. The van der Waals surface area contributed by atoms with Crippen LogP contribution >= 0.6 is 11.8 Å². The summed E-state index contributed by atoms with van der Waals surface area (Å²) in [5, 5.41) is 10.7. The first-order valence-electron chi connectivity index (χ1n) is 7.84. The molecule has 4 bridgehead atoms. The molecule has 1 N–H and O–H groups in total. The molecule has 0 spiro atoms. The predicted octanol–water partition coefficient (Wildman–Crippen LogP) is 2.26. The van der Waals surface area contributed by atoms with Crippen molar-refractivity contribution in [2.75, 3.05) is 24.6 Å². The summed E-state index contributed by atoms with van der Waals surface area (Å²) in [7, 11) is 0. The average molecular weight is 297 g/mol. The molecule has 0 aromatic heterocycles. The second-order valence-corrected chi connectivity index (χ2v) is 8.56. The molecule has 1 aliphatic heterocycles. The van der Waals surface area contributed by atoms with E-state index in [0.29, 0.717) is 18.3 Å². The summed E-state index contributed by atoms with van der Waals surface area (Å²) in [6.07, 6.45) is 5.53. The van der Waals surface area contributed by atoms with E-state index in [2.05, 4.69) is 0 Å². The van der Waals surface area contributed by atoms with Crippen LogP contribution in [-0.4, -0.2) is 51.9 Å². The first-order valence-corrected chi connectivity index (χ1v) is 8.99. The van der Waals surface area contributed by atoms with Crippen molar-refractivity contribution >= 4 is 17.9 Å². The normalized spacial score (nSPS) is 46.5. The number of nitrogens with zero attached hydrogens (tertiary/aromatic N) is 1. The SMILES string of the molecule is O=C(OC12CC3CC(CC(O)(C3)C1)C2)N1CCSCC1. The van der Waals surface area contributed by atoms with E-state index in [1.165, 1.54) is 6.42 Å². The van der Waals surface area contributed by atoms with Crippen molar-refractivity contribution in [1.82, 2.24) is 4.90 Å². The fourth-order valence-corrected chi connectivity index (χ4v) is 6.15. The molecule has 2 unspecified atom stereocenters. The molecule has 20 heavy (non-hydrogen) atoms. The maximum absolute atomic E-state index is 12.4. The van der Waals surface area contributed by atoms with Gasteiger partial charge in [-0.25, -0.2) is 4.79 Å². The number of hydrogen-bond donors (Lipinski definition) is 1. The van der Waals surface area contributed by atoms with E-state index in [1.807, 2.05) is 16.7 Å². The van der Waals surface area contributed by atoms with Crippen LogP contribution in [0.2, 0.25) is 0 Å². The molecule has 5 heteroatoms. The molecule has 112 valence electrons. The van der Waals surface area contributed by atoms with Crippen LogP contribution in [0, 0.1) is 11.8 Å². The number of hydrogen-bond acceptors (Lipinski definition) is 4. The lowest BCUT2D eigenvalue weighted by Crippen LogP contribution is -2.61. The first-order chi connectivity index (χ1) is 9.56. The highest BCUT2D eigenvalue weighted by Gasteiger charge is 2.59. The van der Waals surface area contributed by atoms with Gasteiger partial charge in [0, 0.05) is 31.0 Å². The monoisotopic (exact) mass is 297 g/mol. The Hall–Kier alpha value is -0.420. The Morgan fingerprint density at radius 2 is 1.80 bits per heavy atom. The summed E-state index contributed by atoms with van der Waals surface area (Å²) in [5.74, 6) is 3.14. The first kappa shape index (κ1) is 13.3. The van der Waals surface area contributed by atoms with E-state index < -0.39 is 5.60 Å². The molecule has 5 fully saturated rings. The molecule has 1 saturated heterocycles. The fraction of sp³-hybridized carbons (Fsp3) is 0.933. The quantitative estimate of drug-likeness (QED) is 0.806. The van der Waals surface area contributed by atoms with E-state index in [1.54, 1.807) is 0 Å². The molecule has 5 aliphatic rings. The Kier molecular flexibility index (Phi) is 3.01. The summed E-state index contributed by atoms with van der Waals surface area (Å²) in [4.78, 5) is 14.2. The van der Waals surface area contributed by atoms with Gasteiger partial charge in [0.05, 0.1) is 5.60 Å². The summed E-state index contributed by atoms with van der Waals surface area (Å²) in [5.41, 5.74) is -0.914. The van der Waals surface area contributed by atoms with Crippen LogP contribution in [0.5, 0.6) is 0 Å². The molecule has 0 radical (unpaired) electrons. The molecular formula is C15H23NO3S. The van der Waals surface area contributed by atoms with Crippen LogP contribution in [0.1, 0.15) is 38.5 Å². The van der Waals surface area contributed by atoms with Gasteiger partial charge < -0.3 is 14.7 Å². The summed E-state index contributed by atoms with van der Waals surface area (Å²) in [6, 6.07) is 0. The highest BCUT2D eigenvalue weighted by molar-refractivity contribution is 7.99. The number of aliphatic hydroxyl groups is 1. The van der Waals surface area contributed by atoms with Crippen molar-refractivity contribution in [2.45, 2.75) is 49.7 Å². The number of amides is 1. The van der Waals surface area contributed by atoms with Gasteiger partial charge in [0.15, 0.2) is 0 Å². The third-order valence-corrected chi connectivity index (χ3v) is 6.49. The Labute approximate surface area is 124 Å². The van der Waals surface area contributed by atoms with E-state index in [4.69, 9.17) is 4.74 Å². The largest absolute Gasteiger partial charge is 0.443 e. The van der Waals surface area contributed by atoms with Crippen LogP contribution in [0.25, 0.3) is 0 Å². The summed E-state index contributed by atoms with van der Waals surface area (Å²) in [6.45, 7) is 1.60. The maximum atomic E-state index is 12.4. The lowest BCUT2D eigenvalue weighted by atomic mass is 9.52. The lowest BCUT2D eigenvalue weighted by Gasteiger charge is -2.59. The second-order valence-electron chi connectivity index (χ2n) is 7.34. The van der Waals surface area contributed by atoms with E-state index in [-0.39, 0.29) is 11.7 Å². The van der Waals surface area contributed by atoms with Crippen LogP contribution in [0.4, 0.5) is 4.79 Å². The van der Waals surface area contributed by atoms with Gasteiger partial charge in [-0.3, -0.25) is 0 Å². The van der Waals surface area contributed by atoms with Crippen molar-refractivity contribution in [3.05, 3.63) is 0 Å². The van der Waals surface area contributed by atoms with Gasteiger partial charge in [-0.15, -0.1) is 0 Å². The van der Waals surface area contributed by atoms with Crippen LogP contribution in [0.3, 0.4) is 0 Å². The standard InChI is InChI=1S/C15H23NO3S/c17-13(16-1-3-20-4-2-16)19-15-8-11-5-12(9-15)7-14(18,6-11)10-15/h11-12,18H,1-10H2. The second kappa shape index (κ2) is 4.54. The molecule has 4 saturated carbocycles. The van der Waals surface area contributed by atoms with Gasteiger partial charge in [0.25, 0.3) is 0 Å². The summed E-state index contributed by atoms with van der Waals surface area (Å²) >= 11 is 1.90. The fourth-order valence-electron chi connectivity index (χ4n) is 5.25. The van der Waals surface area contributed by atoms with Crippen molar-refractivity contribution in [3.63, 3.8) is 0 Å². The van der Waals surface area contributed by atoms with Gasteiger partial charge in [-0.05, 0) is 43.9 Å². The third kappa shape index (κ3) is 2.23. The van der Waals surface area contributed by atoms with Crippen molar-refractivity contribution in [1.29, 1.82) is 0 Å². The summed E-state index contributed by atoms with van der Waals surface area (Å²) < 4.78 is 5.97. The van der Waals surface area contributed by atoms with Crippen LogP contribution in [0.15, 0.2) is 0 Å². The molecular weight excluding hydrogens is 274 g/mol. The highest BCUT2D eigenvalue weighted by atomic mass is 32.2. The predicted molar refractivity (Wildman–Crippen MR) is 77.7 cm³/mol. The van der Waals surface area contributed by atoms with Crippen molar-refractivity contribution < 1.29 is 14.6 Å². The Morgan fingerprint density at radius 3 is 2.40 bits per heavy atom. The minimum absolute atomic E-state index is 0.143. The zero-order valence-corrected chi connectivity index (χ0v) is 12.7. The number of carbonyl (C=O) groups excluding carboxylic acids is 1. The molecule has 1 amide bonds. The van der Waals surface area contributed by atoms with E-state index in [0.717, 1.165) is 50.3 Å². The molecule has 4 aliphatic carbocycles. The number of rotatable bonds is 1. The van der Waals surface area contributed by atoms with Crippen molar-refractivity contribution in [3.8, 4) is 0 Å². The highest BCUT2D eigenvalue weighted by Crippen LogP contribution is 2.58. The molecule has 0 aromatic rings. The van der Waals surface area contributed by atoms with Gasteiger partial charge in [-0.2, -0.15) is 11.8 Å². The Balaban J connectivity index is 1.49. The lowest BCUT2D eigenvalue weighted by molar-refractivity contribution is -0.200. The van der Waals surface area contributed by atoms with E-state index in [9.17, 15) is 9.90 Å². The zero-order valence-electron chi connectivity index (χ0n) is 11.8. The smallest absolute Gasteiger partial charge is 0.410 e. The zero-order chi connectivity index (χ0) is 13.8. The topological polar surface area (TPSA) is 49.8 Å². The number of carbonyl (C=O) groups is 1. The number of thioether (sulfide) groups is 1. The minimum Gasteiger partial charge on any atom is -0.443 e. The molecule has 2 atom stereocenters. The number of ether oxygens (including phenoxy) is 1. The van der Waals surface area contributed by atoms with Gasteiger partial charge in [0.1, 0.15) is 5.60 Å². The molecule has 5 rings (SSSR count). The average Bonchev–Trinajstić information content (AvgIpc) is 2.36. The minimum atomic E-state index is -0.553. The van der Waals surface area contributed by atoms with Gasteiger partial charge in [-0.1, -0.05) is 0 Å². The van der Waals surface area contributed by atoms with Crippen LogP contribution < -0.4 is 0 Å². The Morgan fingerprint density at radius 1 is 1.15 bits per heavy atom. The van der Waals surface area contributed by atoms with Gasteiger partial charge >= 0.3 is 6.09 Å². The third-order valence-electron chi connectivity index (χ3n) is 5.55.